The van der Waals surface area contributed by atoms with E-state index >= 15 is 0 Å². The van der Waals surface area contributed by atoms with Crippen LogP contribution in [0.3, 0.4) is 0 Å². The minimum atomic E-state index is -0.243. The van der Waals surface area contributed by atoms with Crippen molar-refractivity contribution in [3.8, 4) is 11.4 Å². The maximum atomic E-state index is 13.5. The predicted octanol–water partition coefficient (Wildman–Crippen LogP) is 3.80. The third kappa shape index (κ3) is 3.50. The number of ether oxygens (including phenoxy) is 1. The smallest absolute Gasteiger partial charge is 0.279 e. The van der Waals surface area contributed by atoms with Crippen molar-refractivity contribution in [2.45, 2.75) is 38.6 Å². The van der Waals surface area contributed by atoms with Gasteiger partial charge in [-0.3, -0.25) is 9.59 Å². The van der Waals surface area contributed by atoms with Gasteiger partial charge >= 0.3 is 0 Å². The van der Waals surface area contributed by atoms with Crippen molar-refractivity contribution in [1.82, 2.24) is 14.7 Å². The number of rotatable bonds is 4. The number of benzene rings is 2. The Bertz CT molecular complexity index is 1090. The molecule has 0 saturated carbocycles. The molecular formula is C23H25N3O3. The maximum absolute atomic E-state index is 13.5. The Morgan fingerprint density at radius 3 is 2.52 bits per heavy atom. The molecule has 2 heterocycles. The second-order valence-corrected chi connectivity index (χ2v) is 7.37. The first kappa shape index (κ1) is 19.2. The molecule has 6 nitrogen and oxygen atoms in total. The van der Waals surface area contributed by atoms with Gasteiger partial charge in [-0.2, -0.15) is 9.78 Å². The number of piperidine rings is 1. The van der Waals surface area contributed by atoms with Crippen molar-refractivity contribution in [2.75, 3.05) is 13.7 Å². The van der Waals surface area contributed by atoms with Gasteiger partial charge in [-0.1, -0.05) is 25.1 Å². The lowest BCUT2D eigenvalue weighted by Gasteiger charge is -2.35. The Labute approximate surface area is 169 Å². The van der Waals surface area contributed by atoms with E-state index in [-0.39, 0.29) is 17.5 Å². The zero-order valence-corrected chi connectivity index (χ0v) is 16.8. The first-order valence-corrected chi connectivity index (χ1v) is 10.1. The molecule has 2 aromatic carbocycles. The van der Waals surface area contributed by atoms with E-state index in [0.29, 0.717) is 27.9 Å². The number of hydrogen-bond acceptors (Lipinski definition) is 4. The number of nitrogens with zero attached hydrogens (tertiary/aromatic N) is 3. The summed E-state index contributed by atoms with van der Waals surface area (Å²) in [7, 11) is 1.59. The molecule has 0 spiro atoms. The third-order valence-electron chi connectivity index (χ3n) is 5.68. The van der Waals surface area contributed by atoms with E-state index in [1.807, 2.05) is 17.0 Å². The summed E-state index contributed by atoms with van der Waals surface area (Å²) in [4.78, 5) is 28.5. The number of methoxy groups -OCH3 is 1. The first-order valence-electron chi connectivity index (χ1n) is 10.1. The highest BCUT2D eigenvalue weighted by atomic mass is 16.5. The second kappa shape index (κ2) is 8.07. The van der Waals surface area contributed by atoms with E-state index in [9.17, 15) is 9.59 Å². The molecule has 1 aliphatic rings. The fourth-order valence-electron chi connectivity index (χ4n) is 4.07. The summed E-state index contributed by atoms with van der Waals surface area (Å²) in [5, 5.41) is 5.64. The van der Waals surface area contributed by atoms with Crippen molar-refractivity contribution in [2.24, 2.45) is 0 Å². The molecule has 150 valence electrons. The van der Waals surface area contributed by atoms with E-state index in [4.69, 9.17) is 4.74 Å². The SMILES string of the molecule is CCC1CCCCN1C(=O)c1nn(-c2ccc(OC)cc2)c(=O)c2ccccc12. The molecule has 1 unspecified atom stereocenters. The molecule has 1 fully saturated rings. The second-order valence-electron chi connectivity index (χ2n) is 7.37. The fraction of sp³-hybridized carbons (Fsp3) is 0.348. The van der Waals surface area contributed by atoms with Gasteiger partial charge in [0.1, 0.15) is 5.75 Å². The molecule has 1 atom stereocenters. The van der Waals surface area contributed by atoms with Crippen molar-refractivity contribution in [1.29, 1.82) is 0 Å². The van der Waals surface area contributed by atoms with Crippen LogP contribution < -0.4 is 10.3 Å². The number of amides is 1. The van der Waals surface area contributed by atoms with Gasteiger partial charge in [-0.15, -0.1) is 0 Å². The van der Waals surface area contributed by atoms with Gasteiger partial charge in [0.15, 0.2) is 5.69 Å². The van der Waals surface area contributed by atoms with Crippen LogP contribution in [-0.2, 0) is 0 Å². The van der Waals surface area contributed by atoms with Crippen LogP contribution >= 0.6 is 0 Å². The van der Waals surface area contributed by atoms with Gasteiger partial charge in [-0.05, 0) is 56.0 Å². The van der Waals surface area contributed by atoms with Crippen LogP contribution in [0.15, 0.2) is 53.3 Å². The average Bonchev–Trinajstić information content (AvgIpc) is 2.79. The number of carbonyl (C=O) groups excluding carboxylic acids is 1. The van der Waals surface area contributed by atoms with Crippen LogP contribution in [-0.4, -0.2) is 40.3 Å². The van der Waals surface area contributed by atoms with E-state index < -0.39 is 0 Å². The van der Waals surface area contributed by atoms with Crippen LogP contribution in [0.2, 0.25) is 0 Å². The summed E-state index contributed by atoms with van der Waals surface area (Å²) in [5.74, 6) is 0.591. The maximum Gasteiger partial charge on any atom is 0.279 e. The van der Waals surface area contributed by atoms with Gasteiger partial charge in [-0.25, -0.2) is 0 Å². The van der Waals surface area contributed by atoms with Gasteiger partial charge in [0.25, 0.3) is 11.5 Å². The van der Waals surface area contributed by atoms with Gasteiger partial charge in [0.2, 0.25) is 0 Å². The predicted molar refractivity (Wildman–Crippen MR) is 113 cm³/mol. The van der Waals surface area contributed by atoms with Crippen molar-refractivity contribution in [3.05, 3.63) is 64.6 Å². The van der Waals surface area contributed by atoms with E-state index in [1.54, 1.807) is 43.5 Å². The van der Waals surface area contributed by atoms with E-state index in [2.05, 4.69) is 12.0 Å². The highest BCUT2D eigenvalue weighted by molar-refractivity contribution is 6.05. The van der Waals surface area contributed by atoms with E-state index in [0.717, 1.165) is 32.2 Å². The minimum Gasteiger partial charge on any atom is -0.497 e. The monoisotopic (exact) mass is 391 g/mol. The standard InChI is InChI=1S/C23H25N3O3/c1-3-16-8-6-7-15-25(16)23(28)21-19-9-4-5-10-20(19)22(27)26(24-21)17-11-13-18(29-2)14-12-17/h4-5,9-14,16H,3,6-8,15H2,1-2H3. The fourth-order valence-corrected chi connectivity index (χ4v) is 4.07. The Morgan fingerprint density at radius 2 is 1.83 bits per heavy atom. The number of hydrogen-bond donors (Lipinski definition) is 0. The Kier molecular flexibility index (Phi) is 5.34. The topological polar surface area (TPSA) is 64.4 Å². The van der Waals surface area contributed by atoms with Gasteiger partial charge in [0.05, 0.1) is 18.2 Å². The zero-order chi connectivity index (χ0) is 20.4. The quantitative estimate of drug-likeness (QED) is 0.679. The molecule has 6 heteroatoms. The Hall–Kier alpha value is -3.15. The van der Waals surface area contributed by atoms with Crippen LogP contribution in [0.25, 0.3) is 16.5 Å². The molecule has 1 amide bonds. The van der Waals surface area contributed by atoms with Crippen molar-refractivity contribution >= 4 is 16.7 Å². The summed E-state index contributed by atoms with van der Waals surface area (Å²) in [6, 6.07) is 14.5. The summed E-state index contributed by atoms with van der Waals surface area (Å²) in [6.45, 7) is 2.84. The largest absolute Gasteiger partial charge is 0.497 e. The molecule has 1 saturated heterocycles. The summed E-state index contributed by atoms with van der Waals surface area (Å²) in [6.07, 6.45) is 4.07. The van der Waals surface area contributed by atoms with Crippen LogP contribution in [0.4, 0.5) is 0 Å². The van der Waals surface area contributed by atoms with Crippen LogP contribution in [0.5, 0.6) is 5.75 Å². The average molecular weight is 391 g/mol. The molecule has 0 N–H and O–H groups in total. The number of likely N-dealkylation sites (tertiary alicyclic amines) is 1. The Morgan fingerprint density at radius 1 is 1.10 bits per heavy atom. The minimum absolute atomic E-state index is 0.102. The van der Waals surface area contributed by atoms with Gasteiger partial charge < -0.3 is 9.64 Å². The molecule has 0 radical (unpaired) electrons. The highest BCUT2D eigenvalue weighted by Crippen LogP contribution is 2.24. The lowest BCUT2D eigenvalue weighted by molar-refractivity contribution is 0.0602. The molecule has 29 heavy (non-hydrogen) atoms. The van der Waals surface area contributed by atoms with Crippen molar-refractivity contribution in [3.63, 3.8) is 0 Å². The number of fused-ring (bicyclic) bond motifs is 1. The normalized spacial score (nSPS) is 16.8. The Balaban J connectivity index is 1.87. The molecule has 3 aromatic rings. The first-order chi connectivity index (χ1) is 14.1. The summed E-state index contributed by atoms with van der Waals surface area (Å²) >= 11 is 0. The van der Waals surface area contributed by atoms with E-state index in [1.165, 1.54) is 4.68 Å². The lowest BCUT2D eigenvalue weighted by Crippen LogP contribution is -2.44. The summed E-state index contributed by atoms with van der Waals surface area (Å²) < 4.78 is 6.52. The molecule has 0 bridgehead atoms. The van der Waals surface area contributed by atoms with Gasteiger partial charge in [0, 0.05) is 18.0 Å². The third-order valence-corrected chi connectivity index (χ3v) is 5.68. The van der Waals surface area contributed by atoms with Crippen LogP contribution in [0, 0.1) is 0 Å². The summed E-state index contributed by atoms with van der Waals surface area (Å²) in [5.41, 5.74) is 0.686. The highest BCUT2D eigenvalue weighted by Gasteiger charge is 2.29. The number of carbonyl (C=O) groups is 1. The molecule has 0 aliphatic carbocycles. The zero-order valence-electron chi connectivity index (χ0n) is 16.8. The molecule has 4 rings (SSSR count). The number of aromatic nitrogens is 2. The van der Waals surface area contributed by atoms with Crippen molar-refractivity contribution < 1.29 is 9.53 Å². The molecular weight excluding hydrogens is 366 g/mol. The molecule has 1 aliphatic heterocycles. The molecule has 1 aromatic heterocycles. The van der Waals surface area contributed by atoms with Crippen LogP contribution in [0.1, 0.15) is 43.1 Å². The lowest BCUT2D eigenvalue weighted by atomic mass is 9.99.